The lowest BCUT2D eigenvalue weighted by atomic mass is 9.86. The Morgan fingerprint density at radius 1 is 1.00 bits per heavy atom. The van der Waals surface area contributed by atoms with Gasteiger partial charge in [0.25, 0.3) is 11.7 Å². The first-order valence-electron chi connectivity index (χ1n) is 11.3. The minimum absolute atomic E-state index is 0.109. The smallest absolute Gasteiger partial charge is 0.374 e. The first-order valence-corrected chi connectivity index (χ1v) is 11.3. The number of aromatic nitrogens is 3. The van der Waals surface area contributed by atoms with E-state index in [1.165, 1.54) is 29.1 Å². The van der Waals surface area contributed by atoms with E-state index >= 15 is 0 Å². The fourth-order valence-electron chi connectivity index (χ4n) is 4.04. The van der Waals surface area contributed by atoms with E-state index in [2.05, 4.69) is 15.4 Å². The lowest BCUT2D eigenvalue weighted by Crippen LogP contribution is -2.47. The fraction of sp³-hybridized carbons (Fsp3) is 0.148. The third kappa shape index (κ3) is 5.20. The third-order valence-electron chi connectivity index (χ3n) is 5.83. The van der Waals surface area contributed by atoms with Gasteiger partial charge in [-0.1, -0.05) is 37.3 Å². The highest BCUT2D eigenvalue weighted by atomic mass is 19.1. The molecule has 0 aliphatic rings. The van der Waals surface area contributed by atoms with E-state index in [0.717, 1.165) is 5.56 Å². The third-order valence-corrected chi connectivity index (χ3v) is 5.83. The highest BCUT2D eigenvalue weighted by Gasteiger charge is 2.34. The molecule has 2 N–H and O–H groups in total. The van der Waals surface area contributed by atoms with Gasteiger partial charge in [-0.25, -0.2) is 18.9 Å². The molecule has 2 aromatic heterocycles. The molecule has 0 radical (unpaired) electrons. The molecule has 0 aliphatic carbocycles. The summed E-state index contributed by atoms with van der Waals surface area (Å²) < 4.78 is 14.7. The van der Waals surface area contributed by atoms with Gasteiger partial charge in [0.2, 0.25) is 0 Å². The van der Waals surface area contributed by atoms with Gasteiger partial charge in [0.1, 0.15) is 11.9 Å². The standard InChI is InChI=1S/C27H23FN4O4/c1-2-20(17-7-4-3-5-8-17)23(24(33)27(35)36)30-26(34)21-9-6-15-29-25(21)32-16-14-22(31-32)18-10-12-19(28)13-11-18/h3-16,20,23H,2H2,1H3,(H,30,34)(H,35,36). The number of aliphatic carboxylic acids is 1. The molecular formula is C27H23FN4O4. The minimum Gasteiger partial charge on any atom is -0.475 e. The van der Waals surface area contributed by atoms with Crippen molar-refractivity contribution in [2.75, 3.05) is 0 Å². The largest absolute Gasteiger partial charge is 0.475 e. The van der Waals surface area contributed by atoms with Gasteiger partial charge in [-0.2, -0.15) is 5.10 Å². The first-order chi connectivity index (χ1) is 17.4. The van der Waals surface area contributed by atoms with Gasteiger partial charge in [-0.15, -0.1) is 0 Å². The van der Waals surface area contributed by atoms with Crippen LogP contribution in [0.3, 0.4) is 0 Å². The van der Waals surface area contributed by atoms with E-state index in [4.69, 9.17) is 0 Å². The Kier molecular flexibility index (Phi) is 7.29. The zero-order valence-electron chi connectivity index (χ0n) is 19.3. The van der Waals surface area contributed by atoms with Crippen LogP contribution in [-0.4, -0.2) is 43.6 Å². The maximum Gasteiger partial charge on any atom is 0.374 e. The van der Waals surface area contributed by atoms with Crippen LogP contribution in [0.1, 0.15) is 35.2 Å². The Hall–Kier alpha value is -4.66. The molecule has 36 heavy (non-hydrogen) atoms. The molecule has 2 atom stereocenters. The summed E-state index contributed by atoms with van der Waals surface area (Å²) in [7, 11) is 0. The Bertz CT molecular complexity index is 1390. The molecule has 9 heteroatoms. The molecule has 0 saturated carbocycles. The van der Waals surface area contributed by atoms with E-state index in [0.29, 0.717) is 17.7 Å². The summed E-state index contributed by atoms with van der Waals surface area (Å²) >= 11 is 0. The molecule has 0 spiro atoms. The molecule has 2 heterocycles. The molecule has 2 unspecified atom stereocenters. The molecule has 4 rings (SSSR count). The van der Waals surface area contributed by atoms with Crippen molar-refractivity contribution in [3.05, 3.63) is 102 Å². The van der Waals surface area contributed by atoms with Gasteiger partial charge in [0.15, 0.2) is 5.82 Å². The predicted octanol–water partition coefficient (Wildman–Crippen LogP) is 4.02. The van der Waals surface area contributed by atoms with E-state index in [-0.39, 0.29) is 17.2 Å². The van der Waals surface area contributed by atoms with Crippen molar-refractivity contribution in [3.8, 4) is 17.1 Å². The van der Waals surface area contributed by atoms with Crippen LogP contribution in [0.25, 0.3) is 17.1 Å². The van der Waals surface area contributed by atoms with Crippen LogP contribution >= 0.6 is 0 Å². The van der Waals surface area contributed by atoms with Crippen molar-refractivity contribution in [1.82, 2.24) is 20.1 Å². The average molecular weight is 487 g/mol. The summed E-state index contributed by atoms with van der Waals surface area (Å²) in [5.74, 6) is -4.12. The van der Waals surface area contributed by atoms with Gasteiger partial charge < -0.3 is 10.4 Å². The number of Topliss-reactive ketones (excluding diaryl/α,β-unsaturated/α-hetero) is 1. The zero-order valence-corrected chi connectivity index (χ0v) is 19.3. The van der Waals surface area contributed by atoms with E-state index in [1.54, 1.807) is 54.7 Å². The number of hydrogen-bond donors (Lipinski definition) is 2. The van der Waals surface area contributed by atoms with Crippen molar-refractivity contribution in [3.63, 3.8) is 0 Å². The Morgan fingerprint density at radius 2 is 1.72 bits per heavy atom. The quantitative estimate of drug-likeness (QED) is 0.346. The number of amides is 1. The molecule has 8 nitrogen and oxygen atoms in total. The van der Waals surface area contributed by atoms with Crippen molar-refractivity contribution < 1.29 is 23.9 Å². The number of carbonyl (C=O) groups excluding carboxylic acids is 2. The van der Waals surface area contributed by atoms with Crippen molar-refractivity contribution >= 4 is 17.7 Å². The van der Waals surface area contributed by atoms with Crippen molar-refractivity contribution in [2.24, 2.45) is 0 Å². The molecule has 0 saturated heterocycles. The van der Waals surface area contributed by atoms with Crippen LogP contribution in [0, 0.1) is 5.82 Å². The Labute approximate surface area is 206 Å². The Balaban J connectivity index is 1.66. The first kappa shape index (κ1) is 24.5. The van der Waals surface area contributed by atoms with Crippen LogP contribution < -0.4 is 5.32 Å². The lowest BCUT2D eigenvalue weighted by Gasteiger charge is -2.25. The van der Waals surface area contributed by atoms with Crippen LogP contribution in [-0.2, 0) is 9.59 Å². The van der Waals surface area contributed by atoms with Gasteiger partial charge in [-0.05, 0) is 54.4 Å². The SMILES string of the molecule is CCC(c1ccccc1)C(NC(=O)c1cccnc1-n1ccc(-c2ccc(F)cc2)n1)C(=O)C(=O)O. The summed E-state index contributed by atoms with van der Waals surface area (Å²) in [5.41, 5.74) is 2.07. The highest BCUT2D eigenvalue weighted by Crippen LogP contribution is 2.25. The maximum absolute atomic E-state index is 13.4. The monoisotopic (exact) mass is 486 g/mol. The van der Waals surface area contributed by atoms with Crippen molar-refractivity contribution in [2.45, 2.75) is 25.3 Å². The van der Waals surface area contributed by atoms with Gasteiger partial charge in [0, 0.05) is 23.9 Å². The summed E-state index contributed by atoms with van der Waals surface area (Å²) in [6.45, 7) is 1.82. The number of carbonyl (C=O) groups is 3. The number of carboxylic acids is 1. The molecule has 0 bridgehead atoms. The number of nitrogens with zero attached hydrogens (tertiary/aromatic N) is 3. The van der Waals surface area contributed by atoms with Crippen LogP contribution in [0.4, 0.5) is 4.39 Å². The van der Waals surface area contributed by atoms with Crippen LogP contribution in [0.15, 0.2) is 85.2 Å². The van der Waals surface area contributed by atoms with Gasteiger partial charge in [0.05, 0.1) is 11.3 Å². The molecular weight excluding hydrogens is 463 g/mol. The average Bonchev–Trinajstić information content (AvgIpc) is 3.39. The van der Waals surface area contributed by atoms with Crippen LogP contribution in [0.5, 0.6) is 0 Å². The van der Waals surface area contributed by atoms with E-state index in [1.807, 2.05) is 13.0 Å². The number of ketones is 1. The summed E-state index contributed by atoms with van der Waals surface area (Å²) in [6, 6.07) is 18.3. The maximum atomic E-state index is 13.4. The van der Waals surface area contributed by atoms with E-state index in [9.17, 15) is 23.9 Å². The second-order valence-corrected chi connectivity index (χ2v) is 8.07. The molecule has 0 aliphatic heterocycles. The second kappa shape index (κ2) is 10.7. The van der Waals surface area contributed by atoms with E-state index < -0.39 is 29.6 Å². The number of halogens is 1. The highest BCUT2D eigenvalue weighted by molar-refractivity contribution is 6.35. The van der Waals surface area contributed by atoms with Gasteiger partial charge >= 0.3 is 5.97 Å². The number of pyridine rings is 1. The minimum atomic E-state index is -1.63. The topological polar surface area (TPSA) is 114 Å². The lowest BCUT2D eigenvalue weighted by molar-refractivity contribution is -0.150. The number of hydrogen-bond acceptors (Lipinski definition) is 5. The Morgan fingerprint density at radius 3 is 2.39 bits per heavy atom. The fourth-order valence-corrected chi connectivity index (χ4v) is 4.04. The molecule has 1 amide bonds. The number of benzene rings is 2. The zero-order chi connectivity index (χ0) is 25.7. The predicted molar refractivity (Wildman–Crippen MR) is 130 cm³/mol. The van der Waals surface area contributed by atoms with Crippen LogP contribution in [0.2, 0.25) is 0 Å². The number of nitrogens with one attached hydrogen (secondary N) is 1. The van der Waals surface area contributed by atoms with Gasteiger partial charge in [-0.3, -0.25) is 9.59 Å². The summed E-state index contributed by atoms with van der Waals surface area (Å²) in [4.78, 5) is 41.9. The second-order valence-electron chi connectivity index (χ2n) is 8.07. The summed E-state index contributed by atoms with van der Waals surface area (Å²) in [6.07, 6.45) is 3.52. The summed E-state index contributed by atoms with van der Waals surface area (Å²) in [5, 5.41) is 16.5. The van der Waals surface area contributed by atoms with Crippen molar-refractivity contribution in [1.29, 1.82) is 0 Å². The normalized spacial score (nSPS) is 12.5. The molecule has 182 valence electrons. The number of carboxylic acid groups (broad SMARTS) is 1. The molecule has 2 aromatic carbocycles. The molecule has 0 fully saturated rings. The molecule has 4 aromatic rings. The number of rotatable bonds is 9.